The summed E-state index contributed by atoms with van der Waals surface area (Å²) in [4.78, 5) is 18.4. The number of amides is 1. The van der Waals surface area contributed by atoms with Gasteiger partial charge in [0.2, 0.25) is 5.91 Å². The zero-order chi connectivity index (χ0) is 9.52. The number of aromatic nitrogens is 2. The quantitative estimate of drug-likeness (QED) is 0.736. The fourth-order valence-corrected chi connectivity index (χ4v) is 0.779. The van der Waals surface area contributed by atoms with E-state index in [1.54, 1.807) is 18.6 Å². The third-order valence-corrected chi connectivity index (χ3v) is 1.34. The van der Waals surface area contributed by atoms with Gasteiger partial charge in [-0.2, -0.15) is 0 Å². The van der Waals surface area contributed by atoms with Gasteiger partial charge in [0, 0.05) is 25.9 Å². The molecule has 0 saturated carbocycles. The van der Waals surface area contributed by atoms with Crippen molar-refractivity contribution in [3.05, 3.63) is 30.4 Å². The third kappa shape index (κ3) is 4.00. The van der Waals surface area contributed by atoms with Gasteiger partial charge in [0.25, 0.3) is 0 Å². The van der Waals surface area contributed by atoms with E-state index < -0.39 is 0 Å². The van der Waals surface area contributed by atoms with Crippen molar-refractivity contribution in [3.8, 4) is 0 Å². The van der Waals surface area contributed by atoms with Crippen molar-refractivity contribution in [1.82, 2.24) is 15.3 Å². The molecule has 68 valence electrons. The first-order chi connectivity index (χ1) is 6.29. The van der Waals surface area contributed by atoms with Crippen LogP contribution in [0.5, 0.6) is 0 Å². The molecule has 0 bridgehead atoms. The van der Waals surface area contributed by atoms with E-state index in [9.17, 15) is 4.79 Å². The van der Waals surface area contributed by atoms with Gasteiger partial charge in [-0.05, 0) is 6.08 Å². The lowest BCUT2D eigenvalue weighted by molar-refractivity contribution is -0.118. The lowest BCUT2D eigenvalue weighted by Gasteiger charge is -1.94. The highest BCUT2D eigenvalue weighted by Crippen LogP contribution is 1.92. The zero-order valence-corrected chi connectivity index (χ0v) is 7.40. The highest BCUT2D eigenvalue weighted by Gasteiger charge is 1.86. The van der Waals surface area contributed by atoms with Crippen LogP contribution in [0.15, 0.2) is 24.7 Å². The Morgan fingerprint density at radius 2 is 2.46 bits per heavy atom. The Morgan fingerprint density at radius 1 is 1.62 bits per heavy atom. The molecule has 1 N–H and O–H groups in total. The summed E-state index contributed by atoms with van der Waals surface area (Å²) in [7, 11) is 0. The molecule has 0 aliphatic heterocycles. The molecule has 0 aliphatic rings. The van der Waals surface area contributed by atoms with Crippen LogP contribution in [-0.2, 0) is 4.79 Å². The molecule has 0 saturated heterocycles. The fourth-order valence-electron chi connectivity index (χ4n) is 0.779. The van der Waals surface area contributed by atoms with Crippen molar-refractivity contribution < 1.29 is 4.79 Å². The first-order valence-corrected chi connectivity index (χ1v) is 3.96. The Kier molecular flexibility index (Phi) is 3.63. The fraction of sp³-hybridized carbons (Fsp3) is 0.222. The molecule has 1 amide bonds. The molecule has 4 nitrogen and oxygen atoms in total. The Hall–Kier alpha value is -1.71. The minimum atomic E-state index is -0.0382. The molecular formula is C9H11N3O. The molecule has 0 aliphatic carbocycles. The molecule has 4 heteroatoms. The molecule has 0 fully saturated rings. The van der Waals surface area contributed by atoms with Crippen LogP contribution in [0.2, 0.25) is 0 Å². The summed E-state index contributed by atoms with van der Waals surface area (Å²) in [6.45, 7) is 2.00. The summed E-state index contributed by atoms with van der Waals surface area (Å²) in [5.41, 5.74) is 0.785. The van der Waals surface area contributed by atoms with Crippen LogP contribution in [0.3, 0.4) is 0 Å². The molecule has 13 heavy (non-hydrogen) atoms. The van der Waals surface area contributed by atoms with E-state index in [0.29, 0.717) is 6.54 Å². The number of hydrogen-bond acceptors (Lipinski definition) is 3. The predicted molar refractivity (Wildman–Crippen MR) is 49.7 cm³/mol. The maximum Gasteiger partial charge on any atom is 0.217 e. The Morgan fingerprint density at radius 3 is 3.08 bits per heavy atom. The van der Waals surface area contributed by atoms with Gasteiger partial charge >= 0.3 is 0 Å². The summed E-state index contributed by atoms with van der Waals surface area (Å²) < 4.78 is 0. The van der Waals surface area contributed by atoms with E-state index in [-0.39, 0.29) is 5.91 Å². The standard InChI is InChI=1S/C9H11N3O/c1-8(13)11-4-2-3-9-7-10-5-6-12-9/h2-3,5-7H,4H2,1H3,(H,11,13). The summed E-state index contributed by atoms with van der Waals surface area (Å²) >= 11 is 0. The summed E-state index contributed by atoms with van der Waals surface area (Å²) in [5, 5.41) is 2.64. The molecular weight excluding hydrogens is 166 g/mol. The van der Waals surface area contributed by atoms with E-state index in [1.807, 2.05) is 12.2 Å². The van der Waals surface area contributed by atoms with Gasteiger partial charge in [-0.3, -0.25) is 14.8 Å². The van der Waals surface area contributed by atoms with E-state index in [4.69, 9.17) is 0 Å². The van der Waals surface area contributed by atoms with E-state index in [0.717, 1.165) is 5.69 Å². The van der Waals surface area contributed by atoms with Crippen molar-refractivity contribution >= 4 is 12.0 Å². The van der Waals surface area contributed by atoms with Crippen LogP contribution >= 0.6 is 0 Å². The SMILES string of the molecule is CC(=O)NCC=Cc1cnccn1. The van der Waals surface area contributed by atoms with Gasteiger partial charge in [-0.1, -0.05) is 6.08 Å². The van der Waals surface area contributed by atoms with Crippen molar-refractivity contribution in [3.63, 3.8) is 0 Å². The van der Waals surface area contributed by atoms with Crippen molar-refractivity contribution in [2.24, 2.45) is 0 Å². The summed E-state index contributed by atoms with van der Waals surface area (Å²) in [5.74, 6) is -0.0382. The van der Waals surface area contributed by atoms with Crippen molar-refractivity contribution in [1.29, 1.82) is 0 Å². The molecule has 0 atom stereocenters. The van der Waals surface area contributed by atoms with Crippen molar-refractivity contribution in [2.45, 2.75) is 6.92 Å². The molecule has 0 spiro atoms. The van der Waals surface area contributed by atoms with Crippen LogP contribution < -0.4 is 5.32 Å². The molecule has 0 unspecified atom stereocenters. The Bertz CT molecular complexity index is 295. The maximum absolute atomic E-state index is 10.5. The monoisotopic (exact) mass is 177 g/mol. The van der Waals surface area contributed by atoms with Crippen molar-refractivity contribution in [2.75, 3.05) is 6.54 Å². The topological polar surface area (TPSA) is 54.9 Å². The van der Waals surface area contributed by atoms with Gasteiger partial charge in [-0.15, -0.1) is 0 Å². The minimum Gasteiger partial charge on any atom is -0.353 e. The Labute approximate surface area is 76.7 Å². The first kappa shape index (κ1) is 9.38. The summed E-state index contributed by atoms with van der Waals surface area (Å²) in [6, 6.07) is 0. The van der Waals surface area contributed by atoms with Gasteiger partial charge < -0.3 is 5.32 Å². The average molecular weight is 177 g/mol. The van der Waals surface area contributed by atoms with E-state index >= 15 is 0 Å². The number of hydrogen-bond donors (Lipinski definition) is 1. The van der Waals surface area contributed by atoms with Gasteiger partial charge in [-0.25, -0.2) is 0 Å². The van der Waals surface area contributed by atoms with Crippen LogP contribution in [-0.4, -0.2) is 22.4 Å². The van der Waals surface area contributed by atoms with E-state index in [1.165, 1.54) is 6.92 Å². The number of carbonyl (C=O) groups excluding carboxylic acids is 1. The first-order valence-electron chi connectivity index (χ1n) is 3.96. The molecule has 0 radical (unpaired) electrons. The van der Waals surface area contributed by atoms with Gasteiger partial charge in [0.05, 0.1) is 11.9 Å². The van der Waals surface area contributed by atoms with Crippen LogP contribution in [0.1, 0.15) is 12.6 Å². The molecule has 0 aromatic carbocycles. The average Bonchev–Trinajstić information content (AvgIpc) is 2.14. The molecule has 1 heterocycles. The lowest BCUT2D eigenvalue weighted by Crippen LogP contribution is -2.19. The zero-order valence-electron chi connectivity index (χ0n) is 7.40. The number of nitrogens with one attached hydrogen (secondary N) is 1. The number of rotatable bonds is 3. The second-order valence-electron chi connectivity index (χ2n) is 2.47. The normalized spacial score (nSPS) is 10.2. The van der Waals surface area contributed by atoms with Crippen LogP contribution in [0, 0.1) is 0 Å². The molecule has 1 aromatic rings. The Balaban J connectivity index is 2.37. The van der Waals surface area contributed by atoms with E-state index in [2.05, 4.69) is 15.3 Å². The highest BCUT2D eigenvalue weighted by atomic mass is 16.1. The third-order valence-electron chi connectivity index (χ3n) is 1.34. The summed E-state index contributed by atoms with van der Waals surface area (Å²) in [6.07, 6.45) is 8.53. The lowest BCUT2D eigenvalue weighted by atomic mass is 10.4. The smallest absolute Gasteiger partial charge is 0.217 e. The van der Waals surface area contributed by atoms with Crippen LogP contribution in [0.25, 0.3) is 6.08 Å². The molecule has 1 aromatic heterocycles. The maximum atomic E-state index is 10.5. The number of nitrogens with zero attached hydrogens (tertiary/aromatic N) is 2. The largest absolute Gasteiger partial charge is 0.353 e. The van der Waals surface area contributed by atoms with Gasteiger partial charge in [0.1, 0.15) is 0 Å². The predicted octanol–water partition coefficient (Wildman–Crippen LogP) is 0.626. The highest BCUT2D eigenvalue weighted by molar-refractivity contribution is 5.73. The molecule has 1 rings (SSSR count). The van der Waals surface area contributed by atoms with Gasteiger partial charge in [0.15, 0.2) is 0 Å². The second-order valence-corrected chi connectivity index (χ2v) is 2.47. The number of carbonyl (C=O) groups is 1. The minimum absolute atomic E-state index is 0.0382. The second kappa shape index (κ2) is 5.03. The van der Waals surface area contributed by atoms with Crippen LogP contribution in [0.4, 0.5) is 0 Å².